The molecule has 0 fully saturated rings. The molecule has 0 amide bonds. The minimum Gasteiger partial charge on any atom is -0.497 e. The van der Waals surface area contributed by atoms with Gasteiger partial charge in [0, 0.05) is 23.1 Å². The Morgan fingerprint density at radius 2 is 2.04 bits per heavy atom. The summed E-state index contributed by atoms with van der Waals surface area (Å²) in [5, 5.41) is 9.54. The molecule has 0 aliphatic heterocycles. The van der Waals surface area contributed by atoms with E-state index >= 15 is 0 Å². The van der Waals surface area contributed by atoms with Crippen molar-refractivity contribution < 1.29 is 18.7 Å². The molecule has 0 aliphatic rings. The summed E-state index contributed by atoms with van der Waals surface area (Å²) in [6, 6.07) is 14.5. The Morgan fingerprint density at radius 3 is 2.80 bits per heavy atom. The Kier molecular flexibility index (Phi) is 4.48. The molecule has 6 nitrogen and oxygen atoms in total. The summed E-state index contributed by atoms with van der Waals surface area (Å²) < 4.78 is 15.5. The van der Waals surface area contributed by atoms with Gasteiger partial charge in [0.15, 0.2) is 0 Å². The Morgan fingerprint density at radius 1 is 1.20 bits per heavy atom. The third kappa shape index (κ3) is 3.51. The maximum Gasteiger partial charge on any atom is 0.338 e. The van der Waals surface area contributed by atoms with Gasteiger partial charge in [-0.2, -0.15) is 5.26 Å². The highest BCUT2D eigenvalue weighted by Crippen LogP contribution is 2.23. The lowest BCUT2D eigenvalue weighted by atomic mass is 10.1. The topological polar surface area (TPSA) is 89.5 Å². The summed E-state index contributed by atoms with van der Waals surface area (Å²) in [6.45, 7) is -0.0932. The van der Waals surface area contributed by atoms with E-state index in [1.54, 1.807) is 36.4 Å². The lowest BCUT2D eigenvalue weighted by molar-refractivity contribution is 0.0474. The molecule has 0 aliphatic carbocycles. The van der Waals surface area contributed by atoms with Crippen molar-refractivity contribution in [3.63, 3.8) is 0 Å². The molecule has 0 N–H and O–H groups in total. The van der Waals surface area contributed by atoms with Gasteiger partial charge in [0.25, 0.3) is 0 Å². The normalized spacial score (nSPS) is 10.2. The number of esters is 1. The monoisotopic (exact) mass is 335 g/mol. The second-order valence-corrected chi connectivity index (χ2v) is 5.22. The molecule has 0 unspecified atom stereocenters. The second-order valence-electron chi connectivity index (χ2n) is 5.22. The van der Waals surface area contributed by atoms with Crippen molar-refractivity contribution in [2.75, 3.05) is 7.11 Å². The van der Waals surface area contributed by atoms with Crippen LogP contribution in [-0.2, 0) is 11.3 Å². The average Bonchev–Trinajstić information content (AvgIpc) is 2.65. The molecule has 0 radical (unpaired) electrons. The molecule has 0 saturated heterocycles. The van der Waals surface area contributed by atoms with Crippen LogP contribution in [0.25, 0.3) is 11.0 Å². The molecule has 25 heavy (non-hydrogen) atoms. The van der Waals surface area contributed by atoms with Crippen LogP contribution in [0.5, 0.6) is 5.75 Å². The highest BCUT2D eigenvalue weighted by Gasteiger charge is 2.12. The quantitative estimate of drug-likeness (QED) is 0.538. The zero-order chi connectivity index (χ0) is 17.8. The van der Waals surface area contributed by atoms with Gasteiger partial charge in [0.05, 0.1) is 24.3 Å². The molecule has 3 aromatic rings. The van der Waals surface area contributed by atoms with Crippen molar-refractivity contribution in [1.29, 1.82) is 5.26 Å². The average molecular weight is 335 g/mol. The van der Waals surface area contributed by atoms with Crippen molar-refractivity contribution in [2.24, 2.45) is 0 Å². The first-order valence-corrected chi connectivity index (χ1v) is 7.39. The highest BCUT2D eigenvalue weighted by molar-refractivity contribution is 5.90. The summed E-state index contributed by atoms with van der Waals surface area (Å²) in [6.07, 6.45) is 0. The molecule has 0 atom stereocenters. The van der Waals surface area contributed by atoms with E-state index in [-0.39, 0.29) is 12.2 Å². The van der Waals surface area contributed by atoms with Crippen LogP contribution in [0.15, 0.2) is 57.7 Å². The smallest absolute Gasteiger partial charge is 0.338 e. The van der Waals surface area contributed by atoms with Gasteiger partial charge in [-0.25, -0.2) is 9.59 Å². The van der Waals surface area contributed by atoms with Gasteiger partial charge in [0.2, 0.25) is 0 Å². The third-order valence-electron chi connectivity index (χ3n) is 3.62. The fourth-order valence-corrected chi connectivity index (χ4v) is 2.40. The van der Waals surface area contributed by atoms with Crippen molar-refractivity contribution in [3.8, 4) is 11.8 Å². The number of hydrogen-bond donors (Lipinski definition) is 0. The van der Waals surface area contributed by atoms with Gasteiger partial charge in [-0.3, -0.25) is 0 Å². The fourth-order valence-electron chi connectivity index (χ4n) is 2.40. The van der Waals surface area contributed by atoms with Crippen LogP contribution in [0.2, 0.25) is 0 Å². The summed E-state index contributed by atoms with van der Waals surface area (Å²) in [7, 11) is 1.51. The van der Waals surface area contributed by atoms with Crippen molar-refractivity contribution in [2.45, 2.75) is 6.61 Å². The van der Waals surface area contributed by atoms with E-state index in [9.17, 15) is 9.59 Å². The molecule has 3 rings (SSSR count). The number of carbonyl (C=O) groups is 1. The number of methoxy groups -OCH3 is 1. The SMILES string of the molecule is COc1ccc2c(COC(=O)c3cccc(C#N)c3)cc(=O)oc2c1. The van der Waals surface area contributed by atoms with Crippen molar-refractivity contribution >= 4 is 16.9 Å². The van der Waals surface area contributed by atoms with Gasteiger partial charge in [-0.1, -0.05) is 6.07 Å². The van der Waals surface area contributed by atoms with E-state index in [2.05, 4.69) is 0 Å². The first-order chi connectivity index (χ1) is 12.1. The van der Waals surface area contributed by atoms with Crippen LogP contribution in [0.3, 0.4) is 0 Å². The number of nitriles is 1. The fraction of sp³-hybridized carbons (Fsp3) is 0.105. The largest absolute Gasteiger partial charge is 0.497 e. The van der Waals surface area contributed by atoms with E-state index < -0.39 is 11.6 Å². The molecule has 2 aromatic carbocycles. The summed E-state index contributed by atoms with van der Waals surface area (Å²) >= 11 is 0. The van der Waals surface area contributed by atoms with Crippen LogP contribution in [0.1, 0.15) is 21.5 Å². The maximum atomic E-state index is 12.2. The van der Waals surface area contributed by atoms with Gasteiger partial charge in [-0.05, 0) is 30.3 Å². The number of ether oxygens (including phenoxy) is 2. The maximum absolute atomic E-state index is 12.2. The lowest BCUT2D eigenvalue weighted by Crippen LogP contribution is -2.08. The minimum absolute atomic E-state index is 0.0932. The van der Waals surface area contributed by atoms with Gasteiger partial charge < -0.3 is 13.9 Å². The van der Waals surface area contributed by atoms with Crippen molar-refractivity contribution in [1.82, 2.24) is 0 Å². The molecule has 0 spiro atoms. The number of rotatable bonds is 4. The van der Waals surface area contributed by atoms with Crippen LogP contribution in [0.4, 0.5) is 0 Å². The van der Waals surface area contributed by atoms with E-state index in [0.29, 0.717) is 27.8 Å². The molecule has 0 saturated carbocycles. The zero-order valence-corrected chi connectivity index (χ0v) is 13.3. The molecule has 1 aromatic heterocycles. The molecule has 1 heterocycles. The number of hydrogen-bond acceptors (Lipinski definition) is 6. The lowest BCUT2D eigenvalue weighted by Gasteiger charge is -2.08. The number of nitrogens with zero attached hydrogens (tertiary/aromatic N) is 1. The van der Waals surface area contributed by atoms with Gasteiger partial charge >= 0.3 is 11.6 Å². The Bertz CT molecular complexity index is 1050. The second kappa shape index (κ2) is 6.89. The van der Waals surface area contributed by atoms with Crippen LogP contribution in [-0.4, -0.2) is 13.1 Å². The Labute approximate surface area is 142 Å². The molecular weight excluding hydrogens is 322 g/mol. The predicted molar refractivity (Wildman–Crippen MR) is 89.3 cm³/mol. The summed E-state index contributed by atoms with van der Waals surface area (Å²) in [5.74, 6) is -0.0230. The van der Waals surface area contributed by atoms with E-state index in [1.165, 1.54) is 19.2 Å². The molecule has 124 valence electrons. The van der Waals surface area contributed by atoms with Gasteiger partial charge in [-0.15, -0.1) is 0 Å². The number of fused-ring (bicyclic) bond motifs is 1. The Balaban J connectivity index is 1.86. The molecule has 6 heteroatoms. The summed E-state index contributed by atoms with van der Waals surface area (Å²) in [4.78, 5) is 23.9. The minimum atomic E-state index is -0.577. The number of carbonyl (C=O) groups excluding carboxylic acids is 1. The first kappa shape index (κ1) is 16.3. The first-order valence-electron chi connectivity index (χ1n) is 7.39. The highest BCUT2D eigenvalue weighted by atomic mass is 16.5. The predicted octanol–water partition coefficient (Wildman–Crippen LogP) is 3.03. The van der Waals surface area contributed by atoms with Gasteiger partial charge in [0.1, 0.15) is 17.9 Å². The van der Waals surface area contributed by atoms with E-state index in [1.807, 2.05) is 6.07 Å². The zero-order valence-electron chi connectivity index (χ0n) is 13.3. The Hall–Kier alpha value is -3.59. The number of benzene rings is 2. The van der Waals surface area contributed by atoms with E-state index in [4.69, 9.17) is 19.2 Å². The standard InChI is InChI=1S/C19H13NO5/c1-23-15-5-6-16-14(8-18(21)25-17(16)9-15)11-24-19(22)13-4-2-3-12(7-13)10-20/h2-9H,11H2,1H3. The third-order valence-corrected chi connectivity index (χ3v) is 3.62. The summed E-state index contributed by atoms with van der Waals surface area (Å²) in [5.41, 5.74) is 0.974. The van der Waals surface area contributed by atoms with Crippen molar-refractivity contribution in [3.05, 3.63) is 75.6 Å². The van der Waals surface area contributed by atoms with Crippen LogP contribution < -0.4 is 10.4 Å². The van der Waals surface area contributed by atoms with E-state index in [0.717, 1.165) is 0 Å². The molecule has 0 bridgehead atoms. The van der Waals surface area contributed by atoms with Crippen LogP contribution in [0, 0.1) is 11.3 Å². The molecular formula is C19H13NO5. The van der Waals surface area contributed by atoms with Crippen LogP contribution >= 0.6 is 0 Å².